The number of ether oxygens (including phenoxy) is 3. The fourth-order valence-corrected chi connectivity index (χ4v) is 2.51. The molecule has 8 nitrogen and oxygen atoms in total. The lowest BCUT2D eigenvalue weighted by atomic mass is 10.0. The van der Waals surface area contributed by atoms with Gasteiger partial charge in [-0.15, -0.1) is 0 Å². The summed E-state index contributed by atoms with van der Waals surface area (Å²) in [6, 6.07) is -0.494. The van der Waals surface area contributed by atoms with Gasteiger partial charge in [0.05, 0.1) is 13.2 Å². The van der Waals surface area contributed by atoms with Gasteiger partial charge in [-0.2, -0.15) is 0 Å². The molecule has 0 aliphatic heterocycles. The van der Waals surface area contributed by atoms with Gasteiger partial charge >= 0.3 is 18.0 Å². The molecular weight excluding hydrogens is 366 g/mol. The second-order valence-electron chi connectivity index (χ2n) is 7.80. The van der Waals surface area contributed by atoms with E-state index >= 15 is 0 Å². The van der Waals surface area contributed by atoms with Crippen LogP contribution in [0.4, 0.5) is 4.79 Å². The molecule has 0 heterocycles. The molecule has 1 N–H and O–H groups in total. The molecule has 0 radical (unpaired) electrons. The number of esters is 2. The number of methoxy groups -OCH3 is 1. The first kappa shape index (κ1) is 25.9. The molecule has 0 saturated heterocycles. The molecule has 0 rings (SSSR count). The Kier molecular flexibility index (Phi) is 12.1. The van der Waals surface area contributed by atoms with E-state index in [9.17, 15) is 19.2 Å². The highest BCUT2D eigenvalue weighted by Crippen LogP contribution is 2.13. The maximum atomic E-state index is 12.1. The van der Waals surface area contributed by atoms with Crippen LogP contribution in [0.15, 0.2) is 0 Å². The summed E-state index contributed by atoms with van der Waals surface area (Å²) in [6.07, 6.45) is 2.25. The molecule has 8 heteroatoms. The number of hydrogen-bond acceptors (Lipinski definition) is 7. The first-order valence-corrected chi connectivity index (χ1v) is 9.70. The van der Waals surface area contributed by atoms with Crippen LogP contribution in [0.5, 0.6) is 0 Å². The molecular formula is C20H35NO7. The van der Waals surface area contributed by atoms with Crippen LogP contribution in [0, 0.1) is 0 Å². The predicted octanol–water partition coefficient (Wildman–Crippen LogP) is 3.30. The summed E-state index contributed by atoms with van der Waals surface area (Å²) >= 11 is 0. The number of rotatable bonds is 12. The first-order valence-electron chi connectivity index (χ1n) is 9.70. The van der Waals surface area contributed by atoms with E-state index in [1.165, 1.54) is 14.0 Å². The van der Waals surface area contributed by atoms with Gasteiger partial charge in [0.25, 0.3) is 0 Å². The van der Waals surface area contributed by atoms with Gasteiger partial charge in [-0.1, -0.05) is 6.42 Å². The molecule has 0 aromatic carbocycles. The number of carbonyl (C=O) groups is 4. The summed E-state index contributed by atoms with van der Waals surface area (Å²) in [7, 11) is 1.35. The summed E-state index contributed by atoms with van der Waals surface area (Å²) in [5.74, 6) is -0.667. The van der Waals surface area contributed by atoms with Crippen molar-refractivity contribution in [3.05, 3.63) is 0 Å². The molecule has 0 fully saturated rings. The van der Waals surface area contributed by atoms with Gasteiger partial charge in [0.1, 0.15) is 17.5 Å². The van der Waals surface area contributed by atoms with Gasteiger partial charge in [-0.25, -0.2) is 4.79 Å². The normalized spacial score (nSPS) is 13.2. The minimum Gasteiger partial charge on any atom is -0.469 e. The second-order valence-corrected chi connectivity index (χ2v) is 7.80. The summed E-state index contributed by atoms with van der Waals surface area (Å²) in [6.45, 7) is 8.26. The van der Waals surface area contributed by atoms with Gasteiger partial charge in [-0.3, -0.25) is 14.4 Å². The highest BCUT2D eigenvalue weighted by molar-refractivity contribution is 5.78. The quantitative estimate of drug-likeness (QED) is 0.304. The van der Waals surface area contributed by atoms with Crippen LogP contribution >= 0.6 is 0 Å². The molecule has 162 valence electrons. The highest BCUT2D eigenvalue weighted by atomic mass is 16.6. The van der Waals surface area contributed by atoms with Crippen molar-refractivity contribution in [2.75, 3.05) is 7.11 Å². The van der Waals surface area contributed by atoms with Crippen LogP contribution in [0.1, 0.15) is 79.6 Å². The predicted molar refractivity (Wildman–Crippen MR) is 104 cm³/mol. The van der Waals surface area contributed by atoms with Crippen LogP contribution in [-0.4, -0.2) is 48.7 Å². The zero-order valence-corrected chi connectivity index (χ0v) is 18.0. The zero-order chi connectivity index (χ0) is 21.7. The minimum atomic E-state index is -0.634. The molecule has 0 aromatic heterocycles. The largest absolute Gasteiger partial charge is 0.469 e. The summed E-state index contributed by atoms with van der Waals surface area (Å²) in [4.78, 5) is 46.3. The molecule has 0 spiro atoms. The lowest BCUT2D eigenvalue weighted by Crippen LogP contribution is -2.45. The molecule has 0 unspecified atom stereocenters. The Morgan fingerprint density at radius 2 is 1.57 bits per heavy atom. The third-order valence-corrected chi connectivity index (χ3v) is 3.89. The van der Waals surface area contributed by atoms with Gasteiger partial charge in [0.15, 0.2) is 0 Å². The number of amides is 1. The van der Waals surface area contributed by atoms with E-state index in [1.54, 1.807) is 27.7 Å². The lowest BCUT2D eigenvalue weighted by molar-refractivity contribution is -0.148. The maximum absolute atomic E-state index is 12.1. The van der Waals surface area contributed by atoms with Crippen LogP contribution in [0.2, 0.25) is 0 Å². The van der Waals surface area contributed by atoms with Gasteiger partial charge in [0.2, 0.25) is 0 Å². The van der Waals surface area contributed by atoms with Crippen LogP contribution in [-0.2, 0) is 28.6 Å². The van der Waals surface area contributed by atoms with Crippen LogP contribution in [0.25, 0.3) is 0 Å². The van der Waals surface area contributed by atoms with Gasteiger partial charge < -0.3 is 19.5 Å². The fourth-order valence-electron chi connectivity index (χ4n) is 2.51. The number of Topliss-reactive ketones (excluding diaryl/α,β-unsaturated/α-hetero) is 1. The number of ketones is 1. The number of hydrogen-bond donors (Lipinski definition) is 1. The van der Waals surface area contributed by atoms with Crippen molar-refractivity contribution >= 4 is 23.8 Å². The first-order chi connectivity index (χ1) is 12.9. The Morgan fingerprint density at radius 1 is 0.964 bits per heavy atom. The monoisotopic (exact) mass is 401 g/mol. The van der Waals surface area contributed by atoms with Crippen molar-refractivity contribution in [3.63, 3.8) is 0 Å². The zero-order valence-electron chi connectivity index (χ0n) is 18.0. The third-order valence-electron chi connectivity index (χ3n) is 3.89. The van der Waals surface area contributed by atoms with Crippen LogP contribution < -0.4 is 5.32 Å². The Labute approximate surface area is 167 Å². The number of alkyl carbamates (subject to hydrolysis) is 1. The van der Waals surface area contributed by atoms with Crippen molar-refractivity contribution in [3.8, 4) is 0 Å². The van der Waals surface area contributed by atoms with E-state index in [4.69, 9.17) is 9.47 Å². The highest BCUT2D eigenvalue weighted by Gasteiger charge is 2.25. The number of unbranched alkanes of at least 4 members (excludes halogenated alkanes) is 2. The number of nitrogens with one attached hydrogen (secondary N) is 1. The van der Waals surface area contributed by atoms with Crippen molar-refractivity contribution in [2.45, 2.75) is 97.3 Å². The van der Waals surface area contributed by atoms with E-state index in [1.807, 2.05) is 0 Å². The molecule has 0 bridgehead atoms. The van der Waals surface area contributed by atoms with Crippen molar-refractivity contribution in [1.29, 1.82) is 0 Å². The van der Waals surface area contributed by atoms with E-state index in [2.05, 4.69) is 10.1 Å². The van der Waals surface area contributed by atoms with Crippen molar-refractivity contribution in [1.82, 2.24) is 5.32 Å². The molecule has 2 atom stereocenters. The topological polar surface area (TPSA) is 108 Å². The molecule has 0 aliphatic carbocycles. The summed E-state index contributed by atoms with van der Waals surface area (Å²) in [5, 5.41) is 2.65. The Hall–Kier alpha value is -2.12. The van der Waals surface area contributed by atoms with E-state index in [0.717, 1.165) is 6.42 Å². The smallest absolute Gasteiger partial charge is 0.407 e. The molecule has 1 amide bonds. The fraction of sp³-hybridized carbons (Fsp3) is 0.800. The van der Waals surface area contributed by atoms with Crippen molar-refractivity contribution in [2.24, 2.45) is 0 Å². The molecule has 0 saturated carbocycles. The third kappa shape index (κ3) is 14.0. The average molecular weight is 402 g/mol. The lowest BCUT2D eigenvalue weighted by Gasteiger charge is -2.26. The SMILES string of the molecule is COC(=O)CCCCCC(=O)CC[C@H](OC(C)=O)[C@H](C)NC(=O)OC(C)(C)C. The maximum Gasteiger partial charge on any atom is 0.407 e. The Balaban J connectivity index is 4.36. The van der Waals surface area contributed by atoms with E-state index in [-0.39, 0.29) is 18.2 Å². The summed E-state index contributed by atoms with van der Waals surface area (Å²) < 4.78 is 15.0. The Bertz CT molecular complexity index is 525. The summed E-state index contributed by atoms with van der Waals surface area (Å²) in [5.41, 5.74) is -0.634. The van der Waals surface area contributed by atoms with Crippen LogP contribution in [0.3, 0.4) is 0 Å². The van der Waals surface area contributed by atoms with Crippen molar-refractivity contribution < 1.29 is 33.4 Å². The molecule has 0 aromatic rings. The van der Waals surface area contributed by atoms with E-state index < -0.39 is 29.8 Å². The molecule has 28 heavy (non-hydrogen) atoms. The standard InChI is InChI=1S/C20H35NO7/c1-14(21-19(25)28-20(3,4)5)17(27-15(2)22)13-12-16(23)10-8-7-9-11-18(24)26-6/h14,17H,7-13H2,1-6H3,(H,21,25)/t14-,17-/m0/s1. The average Bonchev–Trinajstić information content (AvgIpc) is 2.55. The second kappa shape index (κ2) is 13.1. The Morgan fingerprint density at radius 3 is 2.11 bits per heavy atom. The van der Waals surface area contributed by atoms with Gasteiger partial charge in [-0.05, 0) is 47.0 Å². The van der Waals surface area contributed by atoms with Gasteiger partial charge in [0, 0.05) is 26.2 Å². The minimum absolute atomic E-state index is 0.0553. The van der Waals surface area contributed by atoms with E-state index in [0.29, 0.717) is 32.1 Å². The molecule has 0 aliphatic rings. The number of carbonyl (C=O) groups excluding carboxylic acids is 4.